The van der Waals surface area contributed by atoms with Gasteiger partial charge in [0.1, 0.15) is 0 Å². The summed E-state index contributed by atoms with van der Waals surface area (Å²) in [5, 5.41) is 3.39. The molecular formula is C14H29N3O. The van der Waals surface area contributed by atoms with Crippen molar-refractivity contribution in [2.45, 2.75) is 58.0 Å². The molecule has 0 radical (unpaired) electrons. The van der Waals surface area contributed by atoms with Crippen molar-refractivity contribution in [2.24, 2.45) is 11.7 Å². The average Bonchev–Trinajstić information content (AvgIpc) is 3.09. The van der Waals surface area contributed by atoms with Gasteiger partial charge in [0, 0.05) is 19.1 Å². The third kappa shape index (κ3) is 4.94. The zero-order valence-electron chi connectivity index (χ0n) is 12.3. The topological polar surface area (TPSA) is 58.4 Å². The van der Waals surface area contributed by atoms with E-state index >= 15 is 0 Å². The maximum absolute atomic E-state index is 11.6. The number of nitrogens with two attached hydrogens (primary N) is 1. The monoisotopic (exact) mass is 255 g/mol. The molecule has 0 heterocycles. The zero-order chi connectivity index (χ0) is 13.8. The van der Waals surface area contributed by atoms with Crippen LogP contribution in [0.1, 0.15) is 46.5 Å². The number of primary amides is 1. The van der Waals surface area contributed by atoms with E-state index < -0.39 is 5.54 Å². The predicted molar refractivity (Wildman–Crippen MR) is 75.3 cm³/mol. The van der Waals surface area contributed by atoms with Crippen molar-refractivity contribution in [1.82, 2.24) is 10.2 Å². The van der Waals surface area contributed by atoms with Crippen molar-refractivity contribution in [3.05, 3.63) is 0 Å². The van der Waals surface area contributed by atoms with Crippen LogP contribution in [0.5, 0.6) is 0 Å². The van der Waals surface area contributed by atoms with E-state index in [2.05, 4.69) is 31.1 Å². The van der Waals surface area contributed by atoms with Crippen molar-refractivity contribution >= 4 is 5.91 Å². The Kier molecular flexibility index (Phi) is 5.60. The van der Waals surface area contributed by atoms with Gasteiger partial charge in [0.15, 0.2) is 0 Å². The molecule has 1 fully saturated rings. The summed E-state index contributed by atoms with van der Waals surface area (Å²) < 4.78 is 0. The average molecular weight is 255 g/mol. The number of hydrogen-bond acceptors (Lipinski definition) is 3. The van der Waals surface area contributed by atoms with Crippen molar-refractivity contribution in [2.75, 3.05) is 20.1 Å². The van der Waals surface area contributed by atoms with Gasteiger partial charge in [-0.3, -0.25) is 4.79 Å². The number of nitrogens with one attached hydrogen (secondary N) is 1. The minimum absolute atomic E-state index is 0.230. The van der Waals surface area contributed by atoms with E-state index in [0.717, 1.165) is 19.5 Å². The minimum atomic E-state index is -0.551. The molecule has 4 nitrogen and oxygen atoms in total. The van der Waals surface area contributed by atoms with Gasteiger partial charge in [-0.1, -0.05) is 20.3 Å². The van der Waals surface area contributed by atoms with E-state index in [-0.39, 0.29) is 5.91 Å². The van der Waals surface area contributed by atoms with Crippen LogP contribution in [-0.2, 0) is 4.79 Å². The standard InChI is InChI=1S/C14H29N3O/c1-5-11(2)10-17(4)9-8-14(3,13(15)18)16-12-6-7-12/h11-12,16H,5-10H2,1-4H3,(H2,15,18). The SMILES string of the molecule is CCC(C)CN(C)CCC(C)(NC1CC1)C(N)=O. The number of hydrogen-bond donors (Lipinski definition) is 2. The lowest BCUT2D eigenvalue weighted by atomic mass is 9.96. The van der Waals surface area contributed by atoms with E-state index in [1.165, 1.54) is 19.3 Å². The lowest BCUT2D eigenvalue weighted by Crippen LogP contribution is -2.55. The first-order valence-electron chi connectivity index (χ1n) is 7.13. The van der Waals surface area contributed by atoms with E-state index in [9.17, 15) is 4.79 Å². The summed E-state index contributed by atoms with van der Waals surface area (Å²) in [6, 6.07) is 0.502. The molecule has 106 valence electrons. The molecule has 0 aromatic heterocycles. The molecule has 0 saturated heterocycles. The van der Waals surface area contributed by atoms with Gasteiger partial charge >= 0.3 is 0 Å². The highest BCUT2D eigenvalue weighted by atomic mass is 16.1. The minimum Gasteiger partial charge on any atom is -0.368 e. The summed E-state index contributed by atoms with van der Waals surface area (Å²) in [6.45, 7) is 8.38. The Morgan fingerprint density at radius 3 is 2.61 bits per heavy atom. The van der Waals surface area contributed by atoms with Gasteiger partial charge in [-0.15, -0.1) is 0 Å². The molecule has 0 aromatic rings. The summed E-state index contributed by atoms with van der Waals surface area (Å²) >= 11 is 0. The third-order valence-corrected chi connectivity index (χ3v) is 3.96. The second-order valence-electron chi connectivity index (χ2n) is 6.14. The molecule has 1 amide bonds. The fourth-order valence-corrected chi connectivity index (χ4v) is 2.11. The Labute approximate surface area is 111 Å². The van der Waals surface area contributed by atoms with Gasteiger partial charge in [-0.2, -0.15) is 0 Å². The van der Waals surface area contributed by atoms with Crippen molar-refractivity contribution < 1.29 is 4.79 Å². The molecule has 18 heavy (non-hydrogen) atoms. The number of nitrogens with zero attached hydrogens (tertiary/aromatic N) is 1. The molecule has 0 aromatic carbocycles. The Hall–Kier alpha value is -0.610. The van der Waals surface area contributed by atoms with Crippen LogP contribution in [0.15, 0.2) is 0 Å². The molecule has 1 aliphatic rings. The highest BCUT2D eigenvalue weighted by Crippen LogP contribution is 2.24. The fraction of sp³-hybridized carbons (Fsp3) is 0.929. The van der Waals surface area contributed by atoms with E-state index in [0.29, 0.717) is 12.0 Å². The first kappa shape index (κ1) is 15.4. The number of carbonyl (C=O) groups excluding carboxylic acids is 1. The van der Waals surface area contributed by atoms with Crippen LogP contribution in [0.4, 0.5) is 0 Å². The normalized spacial score (nSPS) is 20.7. The summed E-state index contributed by atoms with van der Waals surface area (Å²) in [6.07, 6.45) is 4.32. The molecule has 2 atom stereocenters. The summed E-state index contributed by atoms with van der Waals surface area (Å²) in [7, 11) is 2.12. The van der Waals surface area contributed by atoms with Crippen LogP contribution in [0, 0.1) is 5.92 Å². The summed E-state index contributed by atoms with van der Waals surface area (Å²) in [4.78, 5) is 13.9. The molecule has 1 saturated carbocycles. The highest BCUT2D eigenvalue weighted by Gasteiger charge is 2.36. The Morgan fingerprint density at radius 2 is 2.17 bits per heavy atom. The number of carbonyl (C=O) groups is 1. The maximum atomic E-state index is 11.6. The second kappa shape index (κ2) is 6.53. The van der Waals surface area contributed by atoms with Gasteiger partial charge in [-0.25, -0.2) is 0 Å². The number of rotatable bonds is 9. The Balaban J connectivity index is 2.38. The van der Waals surface area contributed by atoms with Crippen molar-refractivity contribution in [3.8, 4) is 0 Å². The summed E-state index contributed by atoms with van der Waals surface area (Å²) in [5.41, 5.74) is 4.99. The molecule has 1 aliphatic carbocycles. The van der Waals surface area contributed by atoms with Crippen LogP contribution in [0.25, 0.3) is 0 Å². The van der Waals surface area contributed by atoms with Gasteiger partial charge in [-0.05, 0) is 39.2 Å². The molecule has 3 N–H and O–H groups in total. The smallest absolute Gasteiger partial charge is 0.237 e. The Morgan fingerprint density at radius 1 is 1.56 bits per heavy atom. The lowest BCUT2D eigenvalue weighted by Gasteiger charge is -2.30. The molecular weight excluding hydrogens is 226 g/mol. The zero-order valence-corrected chi connectivity index (χ0v) is 12.3. The van der Waals surface area contributed by atoms with Crippen LogP contribution in [0.2, 0.25) is 0 Å². The maximum Gasteiger partial charge on any atom is 0.237 e. The van der Waals surface area contributed by atoms with E-state index in [4.69, 9.17) is 5.73 Å². The third-order valence-electron chi connectivity index (χ3n) is 3.96. The van der Waals surface area contributed by atoms with Crippen molar-refractivity contribution in [1.29, 1.82) is 0 Å². The Bertz CT molecular complexity index is 278. The van der Waals surface area contributed by atoms with Gasteiger partial charge < -0.3 is 16.0 Å². The van der Waals surface area contributed by atoms with Crippen LogP contribution in [-0.4, -0.2) is 42.5 Å². The quantitative estimate of drug-likeness (QED) is 0.654. The second-order valence-corrected chi connectivity index (χ2v) is 6.14. The fourth-order valence-electron chi connectivity index (χ4n) is 2.11. The van der Waals surface area contributed by atoms with Crippen LogP contribution >= 0.6 is 0 Å². The largest absolute Gasteiger partial charge is 0.368 e. The highest BCUT2D eigenvalue weighted by molar-refractivity contribution is 5.84. The number of amides is 1. The molecule has 1 rings (SSSR count). The molecule has 0 aliphatic heterocycles. The van der Waals surface area contributed by atoms with Gasteiger partial charge in [0.05, 0.1) is 5.54 Å². The van der Waals surface area contributed by atoms with Crippen LogP contribution in [0.3, 0.4) is 0 Å². The van der Waals surface area contributed by atoms with E-state index in [1.54, 1.807) is 0 Å². The van der Waals surface area contributed by atoms with Gasteiger partial charge in [0.25, 0.3) is 0 Å². The molecule has 0 bridgehead atoms. The molecule has 2 unspecified atom stereocenters. The van der Waals surface area contributed by atoms with Crippen LogP contribution < -0.4 is 11.1 Å². The first-order chi connectivity index (χ1) is 8.37. The summed E-state index contributed by atoms with van der Waals surface area (Å²) in [5.74, 6) is 0.470. The van der Waals surface area contributed by atoms with Crippen molar-refractivity contribution in [3.63, 3.8) is 0 Å². The predicted octanol–water partition coefficient (Wildman–Crippen LogP) is 1.35. The molecule has 0 spiro atoms. The van der Waals surface area contributed by atoms with Gasteiger partial charge in [0.2, 0.25) is 5.91 Å². The lowest BCUT2D eigenvalue weighted by molar-refractivity contribution is -0.124. The van der Waals surface area contributed by atoms with E-state index in [1.807, 2.05) is 6.92 Å². The molecule has 4 heteroatoms. The first-order valence-corrected chi connectivity index (χ1v) is 7.13.